The minimum Gasteiger partial charge on any atom is -0.494 e. The van der Waals surface area contributed by atoms with E-state index in [0.717, 1.165) is 12.2 Å². The Labute approximate surface area is 119 Å². The maximum atomic E-state index is 10.5. The summed E-state index contributed by atoms with van der Waals surface area (Å²) >= 11 is 4.18. The summed E-state index contributed by atoms with van der Waals surface area (Å²) in [7, 11) is 0. The van der Waals surface area contributed by atoms with Crippen molar-refractivity contribution in [3.05, 3.63) is 34.4 Å². The highest BCUT2D eigenvalue weighted by Gasteiger charge is 2.03. The van der Waals surface area contributed by atoms with Crippen molar-refractivity contribution in [2.75, 3.05) is 12.4 Å². The lowest BCUT2D eigenvalue weighted by atomic mass is 10.1. The van der Waals surface area contributed by atoms with Crippen molar-refractivity contribution in [1.82, 2.24) is 0 Å². The van der Waals surface area contributed by atoms with Gasteiger partial charge in [0.05, 0.1) is 11.5 Å². The van der Waals surface area contributed by atoms with Crippen LogP contribution in [0.25, 0.3) is 0 Å². The molecule has 0 aliphatic carbocycles. The van der Waals surface area contributed by atoms with Crippen molar-refractivity contribution in [3.63, 3.8) is 0 Å². The standard InChI is InChI=1S/C14H21NO3S/c16-15(17)13-7-9-14(10-8-13)18-11-5-3-1-2-4-6-12-19/h7-10,19H,1-6,11-12H2. The number of nitro groups is 1. The number of nitrogens with zero attached hydrogens (tertiary/aromatic N) is 1. The second kappa shape index (κ2) is 9.67. The maximum Gasteiger partial charge on any atom is 0.269 e. The van der Waals surface area contributed by atoms with Crippen LogP contribution in [-0.4, -0.2) is 17.3 Å². The molecule has 1 aromatic rings. The molecule has 19 heavy (non-hydrogen) atoms. The molecule has 0 saturated carbocycles. The van der Waals surface area contributed by atoms with Gasteiger partial charge in [-0.15, -0.1) is 0 Å². The van der Waals surface area contributed by atoms with Crippen LogP contribution in [0.3, 0.4) is 0 Å². The molecule has 106 valence electrons. The van der Waals surface area contributed by atoms with Crippen LogP contribution < -0.4 is 4.74 Å². The number of ether oxygens (including phenoxy) is 1. The molecule has 0 saturated heterocycles. The molecule has 0 heterocycles. The van der Waals surface area contributed by atoms with E-state index in [1.807, 2.05) is 0 Å². The fourth-order valence-electron chi connectivity index (χ4n) is 1.78. The molecular formula is C14H21NO3S. The molecule has 0 bridgehead atoms. The average Bonchev–Trinajstić information content (AvgIpc) is 2.42. The third-order valence-corrected chi connectivity index (χ3v) is 3.18. The van der Waals surface area contributed by atoms with Gasteiger partial charge < -0.3 is 4.74 Å². The Morgan fingerprint density at radius 3 is 2.16 bits per heavy atom. The predicted octanol–water partition coefficient (Wildman–Crippen LogP) is 4.24. The van der Waals surface area contributed by atoms with E-state index in [-0.39, 0.29) is 5.69 Å². The molecule has 0 atom stereocenters. The topological polar surface area (TPSA) is 52.4 Å². The van der Waals surface area contributed by atoms with Crippen LogP contribution in [-0.2, 0) is 0 Å². The Kier molecular flexibility index (Phi) is 8.05. The van der Waals surface area contributed by atoms with E-state index in [4.69, 9.17) is 4.74 Å². The molecule has 4 nitrogen and oxygen atoms in total. The average molecular weight is 283 g/mol. The van der Waals surface area contributed by atoms with Crippen molar-refractivity contribution >= 4 is 18.3 Å². The Morgan fingerprint density at radius 2 is 1.58 bits per heavy atom. The number of rotatable bonds is 10. The summed E-state index contributed by atoms with van der Waals surface area (Å²) in [5.74, 6) is 1.67. The van der Waals surface area contributed by atoms with Gasteiger partial charge in [0, 0.05) is 12.1 Å². The van der Waals surface area contributed by atoms with Crippen LogP contribution in [0.5, 0.6) is 5.75 Å². The fourth-order valence-corrected chi connectivity index (χ4v) is 2.00. The molecule has 0 spiro atoms. The highest BCUT2D eigenvalue weighted by atomic mass is 32.1. The first-order chi connectivity index (χ1) is 9.24. The van der Waals surface area contributed by atoms with Crippen molar-refractivity contribution in [3.8, 4) is 5.75 Å². The third kappa shape index (κ3) is 7.06. The highest BCUT2D eigenvalue weighted by molar-refractivity contribution is 7.80. The van der Waals surface area contributed by atoms with Crippen LogP contribution in [0.4, 0.5) is 5.69 Å². The van der Waals surface area contributed by atoms with Gasteiger partial charge in [0.25, 0.3) is 5.69 Å². The van der Waals surface area contributed by atoms with Gasteiger partial charge in [-0.1, -0.05) is 25.7 Å². The molecule has 0 aliphatic rings. The van der Waals surface area contributed by atoms with Gasteiger partial charge in [0.2, 0.25) is 0 Å². The highest BCUT2D eigenvalue weighted by Crippen LogP contribution is 2.17. The van der Waals surface area contributed by atoms with E-state index < -0.39 is 4.92 Å². The summed E-state index contributed by atoms with van der Waals surface area (Å²) in [6, 6.07) is 6.22. The second-order valence-electron chi connectivity index (χ2n) is 4.44. The number of nitro benzene ring substituents is 1. The van der Waals surface area contributed by atoms with E-state index in [2.05, 4.69) is 12.6 Å². The molecule has 0 radical (unpaired) electrons. The van der Waals surface area contributed by atoms with Gasteiger partial charge in [-0.2, -0.15) is 12.6 Å². The Balaban J connectivity index is 2.07. The lowest BCUT2D eigenvalue weighted by molar-refractivity contribution is -0.384. The van der Waals surface area contributed by atoms with E-state index in [1.54, 1.807) is 12.1 Å². The number of unbranched alkanes of at least 4 members (excludes halogenated alkanes) is 5. The van der Waals surface area contributed by atoms with E-state index in [1.165, 1.54) is 44.2 Å². The molecule has 1 aromatic carbocycles. The monoisotopic (exact) mass is 283 g/mol. The summed E-state index contributed by atoms with van der Waals surface area (Å²) in [5, 5.41) is 10.5. The molecule has 0 unspecified atom stereocenters. The smallest absolute Gasteiger partial charge is 0.269 e. The lowest BCUT2D eigenvalue weighted by Gasteiger charge is -2.05. The van der Waals surface area contributed by atoms with Gasteiger partial charge >= 0.3 is 0 Å². The molecule has 1 rings (SSSR count). The fraction of sp³-hybridized carbons (Fsp3) is 0.571. The minimum absolute atomic E-state index is 0.0940. The SMILES string of the molecule is O=[N+]([O-])c1ccc(OCCCCCCCCS)cc1. The first-order valence-corrected chi connectivity index (χ1v) is 7.35. The molecular weight excluding hydrogens is 262 g/mol. The van der Waals surface area contributed by atoms with Crippen molar-refractivity contribution < 1.29 is 9.66 Å². The number of hydrogen-bond donors (Lipinski definition) is 1. The molecule has 0 aliphatic heterocycles. The van der Waals surface area contributed by atoms with Gasteiger partial charge in [0.1, 0.15) is 5.75 Å². The molecule has 0 amide bonds. The second-order valence-corrected chi connectivity index (χ2v) is 4.89. The summed E-state index contributed by atoms with van der Waals surface area (Å²) in [6.07, 6.45) is 7.14. The number of hydrogen-bond acceptors (Lipinski definition) is 4. The molecule has 0 fully saturated rings. The molecule has 0 aromatic heterocycles. The number of thiol groups is 1. The van der Waals surface area contributed by atoms with Crippen molar-refractivity contribution in [1.29, 1.82) is 0 Å². The summed E-state index contributed by atoms with van der Waals surface area (Å²) in [5.41, 5.74) is 0.0940. The molecule has 0 N–H and O–H groups in total. The zero-order chi connectivity index (χ0) is 13.9. The third-order valence-electron chi connectivity index (χ3n) is 2.87. The van der Waals surface area contributed by atoms with E-state index in [0.29, 0.717) is 12.4 Å². The van der Waals surface area contributed by atoms with E-state index >= 15 is 0 Å². The molecule has 5 heteroatoms. The summed E-state index contributed by atoms with van der Waals surface area (Å²) < 4.78 is 5.53. The first-order valence-electron chi connectivity index (χ1n) is 6.72. The Morgan fingerprint density at radius 1 is 1.00 bits per heavy atom. The van der Waals surface area contributed by atoms with Crippen LogP contribution >= 0.6 is 12.6 Å². The van der Waals surface area contributed by atoms with Gasteiger partial charge in [0.15, 0.2) is 0 Å². The summed E-state index contributed by atoms with van der Waals surface area (Å²) in [4.78, 5) is 10.1. The largest absolute Gasteiger partial charge is 0.494 e. The Bertz CT molecular complexity index is 367. The maximum absolute atomic E-state index is 10.5. The van der Waals surface area contributed by atoms with Crippen LogP contribution in [0.15, 0.2) is 24.3 Å². The van der Waals surface area contributed by atoms with Gasteiger partial charge in [-0.25, -0.2) is 0 Å². The normalized spacial score (nSPS) is 10.4. The van der Waals surface area contributed by atoms with Crippen LogP contribution in [0.2, 0.25) is 0 Å². The predicted molar refractivity (Wildman–Crippen MR) is 80.1 cm³/mol. The Hall–Kier alpha value is -1.23. The zero-order valence-corrected chi connectivity index (χ0v) is 12.0. The van der Waals surface area contributed by atoms with Gasteiger partial charge in [-0.05, 0) is 30.7 Å². The first kappa shape index (κ1) is 15.8. The lowest BCUT2D eigenvalue weighted by Crippen LogP contribution is -1.97. The van der Waals surface area contributed by atoms with E-state index in [9.17, 15) is 10.1 Å². The van der Waals surface area contributed by atoms with Gasteiger partial charge in [-0.3, -0.25) is 10.1 Å². The van der Waals surface area contributed by atoms with Crippen LogP contribution in [0, 0.1) is 10.1 Å². The quantitative estimate of drug-likeness (QED) is 0.302. The number of benzene rings is 1. The number of non-ortho nitro benzene ring substituents is 1. The summed E-state index contributed by atoms with van der Waals surface area (Å²) in [6.45, 7) is 0.671. The van der Waals surface area contributed by atoms with Crippen molar-refractivity contribution in [2.45, 2.75) is 38.5 Å². The minimum atomic E-state index is -0.408. The zero-order valence-electron chi connectivity index (χ0n) is 11.1. The van der Waals surface area contributed by atoms with Crippen LogP contribution in [0.1, 0.15) is 38.5 Å². The van der Waals surface area contributed by atoms with Crippen molar-refractivity contribution in [2.24, 2.45) is 0 Å².